The molecular weight excluding hydrogens is 210 g/mol. The molecule has 0 aliphatic rings. The van der Waals surface area contributed by atoms with E-state index >= 15 is 0 Å². The van der Waals surface area contributed by atoms with E-state index in [0.29, 0.717) is 6.54 Å². The maximum Gasteiger partial charge on any atom is 0.208 e. The highest BCUT2D eigenvalue weighted by Crippen LogP contribution is 2.02. The van der Waals surface area contributed by atoms with E-state index < -0.39 is 10.0 Å². The van der Waals surface area contributed by atoms with Gasteiger partial charge in [-0.25, -0.2) is 13.1 Å². The quantitative estimate of drug-likeness (QED) is 0.680. The fourth-order valence-electron chi connectivity index (χ4n) is 0.797. The lowest BCUT2D eigenvalue weighted by Crippen LogP contribution is -2.32. The van der Waals surface area contributed by atoms with Crippen molar-refractivity contribution in [1.29, 1.82) is 0 Å². The molecule has 0 radical (unpaired) electrons. The lowest BCUT2D eigenvalue weighted by Gasteiger charge is -2.14. The number of nitrogens with one attached hydrogen (secondary N) is 1. The van der Waals surface area contributed by atoms with E-state index in [1.165, 1.54) is 0 Å². The van der Waals surface area contributed by atoms with E-state index in [9.17, 15) is 8.42 Å². The third-order valence-electron chi connectivity index (χ3n) is 1.55. The monoisotopic (exact) mass is 227 g/mol. The molecule has 0 fully saturated rings. The largest absolute Gasteiger partial charge is 0.380 e. The Morgan fingerprint density at radius 2 is 2.15 bits per heavy atom. The Kier molecular flexibility index (Phi) is 6.75. The predicted molar refractivity (Wildman–Crippen MR) is 56.6 cm³/mol. The number of rotatable bonds is 7. The minimum atomic E-state index is -3.09. The highest BCUT2D eigenvalue weighted by atomic mass is 32.2. The van der Waals surface area contributed by atoms with Crippen molar-refractivity contribution in [2.24, 2.45) is 0 Å². The van der Waals surface area contributed by atoms with Crippen LogP contribution in [0.4, 0.5) is 0 Å². The molecule has 13 heavy (non-hydrogen) atoms. The molecular formula is C7H17NO3S2. The molecule has 1 unspecified atom stereocenters. The minimum absolute atomic E-state index is 0.0258. The van der Waals surface area contributed by atoms with Crippen molar-refractivity contribution < 1.29 is 13.2 Å². The van der Waals surface area contributed by atoms with Gasteiger partial charge < -0.3 is 4.74 Å². The molecule has 0 aliphatic heterocycles. The summed E-state index contributed by atoms with van der Waals surface area (Å²) in [6, 6.07) is 0. The molecule has 0 rings (SSSR count). The Morgan fingerprint density at radius 3 is 2.54 bits per heavy atom. The maximum absolute atomic E-state index is 10.8. The summed E-state index contributed by atoms with van der Waals surface area (Å²) >= 11 is 1.72. The maximum atomic E-state index is 10.8. The van der Waals surface area contributed by atoms with Gasteiger partial charge in [-0.05, 0) is 18.4 Å². The topological polar surface area (TPSA) is 55.4 Å². The van der Waals surface area contributed by atoms with Gasteiger partial charge in [-0.2, -0.15) is 11.8 Å². The van der Waals surface area contributed by atoms with Crippen LogP contribution in [0, 0.1) is 0 Å². The van der Waals surface area contributed by atoms with Crippen LogP contribution in [-0.2, 0) is 14.8 Å². The van der Waals surface area contributed by atoms with Crippen LogP contribution in [0.25, 0.3) is 0 Å². The average molecular weight is 227 g/mol. The molecule has 0 aromatic rings. The van der Waals surface area contributed by atoms with Gasteiger partial charge in [0.05, 0.1) is 12.4 Å². The number of hydrogen-bond acceptors (Lipinski definition) is 4. The third-order valence-corrected chi connectivity index (χ3v) is 2.89. The van der Waals surface area contributed by atoms with Crippen LogP contribution >= 0.6 is 11.8 Å². The Balaban J connectivity index is 3.72. The van der Waals surface area contributed by atoms with Gasteiger partial charge in [0.1, 0.15) is 0 Å². The van der Waals surface area contributed by atoms with Crippen LogP contribution in [0.2, 0.25) is 0 Å². The molecule has 0 saturated heterocycles. The van der Waals surface area contributed by atoms with Gasteiger partial charge in [0.15, 0.2) is 0 Å². The third kappa shape index (κ3) is 8.55. The molecule has 1 N–H and O–H groups in total. The van der Waals surface area contributed by atoms with E-state index in [-0.39, 0.29) is 6.10 Å². The summed E-state index contributed by atoms with van der Waals surface area (Å²) in [6.45, 7) is 0.357. The summed E-state index contributed by atoms with van der Waals surface area (Å²) in [5.41, 5.74) is 0. The first-order valence-electron chi connectivity index (χ1n) is 3.96. The SMILES string of the molecule is COC(CCSC)CNS(C)(=O)=O. The van der Waals surface area contributed by atoms with Crippen LogP contribution in [0.5, 0.6) is 0 Å². The van der Waals surface area contributed by atoms with Crippen molar-refractivity contribution >= 4 is 21.8 Å². The van der Waals surface area contributed by atoms with Crippen molar-refractivity contribution in [3.05, 3.63) is 0 Å². The van der Waals surface area contributed by atoms with Gasteiger partial charge in [-0.15, -0.1) is 0 Å². The highest BCUT2D eigenvalue weighted by Gasteiger charge is 2.09. The van der Waals surface area contributed by atoms with Gasteiger partial charge >= 0.3 is 0 Å². The summed E-state index contributed by atoms with van der Waals surface area (Å²) < 4.78 is 29.0. The number of ether oxygens (including phenoxy) is 1. The second kappa shape index (κ2) is 6.64. The summed E-state index contributed by atoms with van der Waals surface area (Å²) in [7, 11) is -1.50. The molecule has 0 spiro atoms. The molecule has 0 saturated carbocycles. The summed E-state index contributed by atoms with van der Waals surface area (Å²) in [4.78, 5) is 0. The van der Waals surface area contributed by atoms with Crippen LogP contribution in [-0.4, -0.2) is 46.4 Å². The molecule has 0 amide bonds. The Hall–Kier alpha value is 0.220. The zero-order chi connectivity index (χ0) is 10.3. The second-order valence-electron chi connectivity index (χ2n) is 2.76. The number of methoxy groups -OCH3 is 1. The van der Waals surface area contributed by atoms with E-state index in [1.54, 1.807) is 18.9 Å². The van der Waals surface area contributed by atoms with E-state index in [1.807, 2.05) is 6.26 Å². The molecule has 0 heterocycles. The zero-order valence-corrected chi connectivity index (χ0v) is 9.87. The summed E-state index contributed by atoms with van der Waals surface area (Å²) in [5, 5.41) is 0. The summed E-state index contributed by atoms with van der Waals surface area (Å²) in [6.07, 6.45) is 3.99. The number of sulfonamides is 1. The fraction of sp³-hybridized carbons (Fsp3) is 1.00. The van der Waals surface area contributed by atoms with E-state index in [2.05, 4.69) is 4.72 Å². The van der Waals surface area contributed by atoms with Crippen molar-refractivity contribution in [1.82, 2.24) is 4.72 Å². The first-order valence-corrected chi connectivity index (χ1v) is 7.24. The smallest absolute Gasteiger partial charge is 0.208 e. The Labute approximate surface area is 84.5 Å². The van der Waals surface area contributed by atoms with Gasteiger partial charge in [0.25, 0.3) is 0 Å². The molecule has 0 aromatic carbocycles. The average Bonchev–Trinajstić information content (AvgIpc) is 2.03. The van der Waals surface area contributed by atoms with Gasteiger partial charge in [-0.1, -0.05) is 0 Å². The predicted octanol–water partition coefficient (Wildman–Crippen LogP) is 0.304. The normalized spacial score (nSPS) is 14.4. The van der Waals surface area contributed by atoms with E-state index in [0.717, 1.165) is 18.4 Å². The number of hydrogen-bond donors (Lipinski definition) is 1. The van der Waals surface area contributed by atoms with Gasteiger partial charge in [0, 0.05) is 13.7 Å². The van der Waals surface area contributed by atoms with Gasteiger partial charge in [-0.3, -0.25) is 0 Å². The minimum Gasteiger partial charge on any atom is -0.380 e. The Morgan fingerprint density at radius 1 is 1.54 bits per heavy atom. The van der Waals surface area contributed by atoms with Crippen molar-refractivity contribution in [3.8, 4) is 0 Å². The molecule has 0 aromatic heterocycles. The van der Waals surface area contributed by atoms with Crippen LogP contribution in [0.15, 0.2) is 0 Å². The lowest BCUT2D eigenvalue weighted by molar-refractivity contribution is 0.104. The van der Waals surface area contributed by atoms with Crippen molar-refractivity contribution in [3.63, 3.8) is 0 Å². The highest BCUT2D eigenvalue weighted by molar-refractivity contribution is 7.98. The van der Waals surface area contributed by atoms with Gasteiger partial charge in [0.2, 0.25) is 10.0 Å². The molecule has 1 atom stereocenters. The Bertz CT molecular complexity index is 216. The van der Waals surface area contributed by atoms with Crippen LogP contribution in [0.3, 0.4) is 0 Å². The first-order chi connectivity index (χ1) is 5.99. The molecule has 6 heteroatoms. The molecule has 0 bridgehead atoms. The standard InChI is InChI=1S/C7H17NO3S2/c1-11-7(4-5-12-2)6-8-13(3,9)10/h7-8H,4-6H2,1-3H3. The molecule has 0 aliphatic carbocycles. The zero-order valence-electron chi connectivity index (χ0n) is 8.24. The van der Waals surface area contributed by atoms with Crippen molar-refractivity contribution in [2.75, 3.05) is 31.9 Å². The number of thioether (sulfide) groups is 1. The van der Waals surface area contributed by atoms with Crippen LogP contribution in [0.1, 0.15) is 6.42 Å². The van der Waals surface area contributed by atoms with E-state index in [4.69, 9.17) is 4.74 Å². The molecule has 80 valence electrons. The molecule has 4 nitrogen and oxygen atoms in total. The van der Waals surface area contributed by atoms with Crippen molar-refractivity contribution in [2.45, 2.75) is 12.5 Å². The van der Waals surface area contributed by atoms with Crippen LogP contribution < -0.4 is 4.72 Å². The second-order valence-corrected chi connectivity index (χ2v) is 5.58. The first kappa shape index (κ1) is 13.2. The summed E-state index contributed by atoms with van der Waals surface area (Å²) in [5.74, 6) is 0.976. The lowest BCUT2D eigenvalue weighted by atomic mass is 10.3. The fourth-order valence-corrected chi connectivity index (χ4v) is 1.78.